The minimum absolute atomic E-state index is 0.0388. The van der Waals surface area contributed by atoms with Gasteiger partial charge in [0.05, 0.1) is 24.2 Å². The molecule has 0 saturated carbocycles. The van der Waals surface area contributed by atoms with Crippen LogP contribution in [0.4, 0.5) is 5.69 Å². The van der Waals surface area contributed by atoms with Crippen LogP contribution in [0.5, 0.6) is 0 Å². The number of aromatic nitrogens is 4. The molecular formula is C25H20N6O4. The van der Waals surface area contributed by atoms with E-state index in [-0.39, 0.29) is 23.7 Å². The third-order valence-corrected chi connectivity index (χ3v) is 5.72. The molecule has 0 unspecified atom stereocenters. The number of benzene rings is 3. The summed E-state index contributed by atoms with van der Waals surface area (Å²) in [5, 5.41) is 20.5. The quantitative estimate of drug-likeness (QED) is 0.289. The molecule has 5 rings (SSSR count). The van der Waals surface area contributed by atoms with Gasteiger partial charge in [0.25, 0.3) is 17.2 Å². The normalized spacial score (nSPS) is 11.1. The highest BCUT2D eigenvalue weighted by atomic mass is 16.6. The predicted octanol–water partition coefficient (Wildman–Crippen LogP) is 3.13. The number of nitrogens with one attached hydrogen (secondary N) is 1. The molecule has 0 aliphatic rings. The number of nitro benzene ring substituents is 1. The van der Waals surface area contributed by atoms with Crippen molar-refractivity contribution in [2.24, 2.45) is 0 Å². The van der Waals surface area contributed by atoms with Gasteiger partial charge >= 0.3 is 0 Å². The van der Waals surface area contributed by atoms with Gasteiger partial charge in [-0.2, -0.15) is 5.10 Å². The van der Waals surface area contributed by atoms with Crippen molar-refractivity contribution in [1.82, 2.24) is 24.6 Å². The number of hydrogen-bond donors (Lipinski definition) is 1. The second-order valence-electron chi connectivity index (χ2n) is 8.03. The van der Waals surface area contributed by atoms with Crippen molar-refractivity contribution in [2.75, 3.05) is 6.54 Å². The molecule has 0 fully saturated rings. The van der Waals surface area contributed by atoms with E-state index < -0.39 is 4.92 Å². The summed E-state index contributed by atoms with van der Waals surface area (Å²) in [4.78, 5) is 40.4. The van der Waals surface area contributed by atoms with Gasteiger partial charge in [0.15, 0.2) is 5.65 Å². The van der Waals surface area contributed by atoms with Crippen LogP contribution in [0.15, 0.2) is 84.0 Å². The Hall–Kier alpha value is -4.86. The molecule has 174 valence electrons. The van der Waals surface area contributed by atoms with Crippen LogP contribution >= 0.6 is 0 Å². The number of nitrogens with zero attached hydrogens (tertiary/aromatic N) is 5. The highest BCUT2D eigenvalue weighted by molar-refractivity contribution is 5.98. The lowest BCUT2D eigenvalue weighted by Gasteiger charge is -2.08. The number of amides is 1. The van der Waals surface area contributed by atoms with Crippen molar-refractivity contribution >= 4 is 33.4 Å². The van der Waals surface area contributed by atoms with E-state index in [1.54, 1.807) is 22.9 Å². The minimum atomic E-state index is -0.476. The summed E-state index contributed by atoms with van der Waals surface area (Å²) < 4.78 is 2.95. The number of carbonyl (C=O) groups excluding carboxylic acids is 1. The highest BCUT2D eigenvalue weighted by Crippen LogP contribution is 2.16. The molecule has 1 N–H and O–H groups in total. The second-order valence-corrected chi connectivity index (χ2v) is 8.03. The fraction of sp³-hybridized carbons (Fsp3) is 0.120. The molecule has 3 aromatic carbocycles. The SMILES string of the molecule is O=C(NCCn1ncc2c(=O)n(Cc3cccc([N+](=O)[O-])c3)cnc21)c1ccc2ccccc2c1. The third kappa shape index (κ3) is 4.49. The first-order valence-electron chi connectivity index (χ1n) is 10.9. The van der Waals surface area contributed by atoms with Gasteiger partial charge in [-0.1, -0.05) is 42.5 Å². The highest BCUT2D eigenvalue weighted by Gasteiger charge is 2.13. The van der Waals surface area contributed by atoms with Crippen LogP contribution in [0.3, 0.4) is 0 Å². The average Bonchev–Trinajstić information content (AvgIpc) is 3.29. The van der Waals surface area contributed by atoms with Gasteiger partial charge in [0.1, 0.15) is 11.7 Å². The van der Waals surface area contributed by atoms with Crippen LogP contribution < -0.4 is 10.9 Å². The maximum absolute atomic E-state index is 12.9. The Morgan fingerprint density at radius 3 is 2.69 bits per heavy atom. The summed E-state index contributed by atoms with van der Waals surface area (Å²) in [7, 11) is 0. The molecule has 10 heteroatoms. The van der Waals surface area contributed by atoms with Crippen molar-refractivity contribution in [2.45, 2.75) is 13.1 Å². The van der Waals surface area contributed by atoms with Crippen LogP contribution in [0.2, 0.25) is 0 Å². The van der Waals surface area contributed by atoms with Gasteiger partial charge in [-0.05, 0) is 28.5 Å². The molecule has 5 aromatic rings. The fourth-order valence-electron chi connectivity index (χ4n) is 3.95. The largest absolute Gasteiger partial charge is 0.350 e. The van der Waals surface area contributed by atoms with E-state index in [1.165, 1.54) is 29.2 Å². The van der Waals surface area contributed by atoms with E-state index >= 15 is 0 Å². The summed E-state index contributed by atoms with van der Waals surface area (Å²) in [6.45, 7) is 0.793. The zero-order chi connectivity index (χ0) is 24.4. The van der Waals surface area contributed by atoms with Crippen LogP contribution in [0.25, 0.3) is 21.8 Å². The number of non-ortho nitro benzene ring substituents is 1. The summed E-state index contributed by atoms with van der Waals surface area (Å²) in [6.07, 6.45) is 2.84. The first kappa shape index (κ1) is 22.0. The molecule has 0 spiro atoms. The fourth-order valence-corrected chi connectivity index (χ4v) is 3.95. The first-order chi connectivity index (χ1) is 17.0. The summed E-state index contributed by atoms with van der Waals surface area (Å²) in [6, 6.07) is 19.5. The molecule has 2 heterocycles. The minimum Gasteiger partial charge on any atom is -0.350 e. The predicted molar refractivity (Wildman–Crippen MR) is 130 cm³/mol. The molecular weight excluding hydrogens is 448 g/mol. The van der Waals surface area contributed by atoms with E-state index in [9.17, 15) is 19.7 Å². The van der Waals surface area contributed by atoms with Crippen LogP contribution in [-0.4, -0.2) is 36.7 Å². The molecule has 0 aliphatic carbocycles. The van der Waals surface area contributed by atoms with E-state index in [1.807, 2.05) is 36.4 Å². The topological polar surface area (TPSA) is 125 Å². The smallest absolute Gasteiger partial charge is 0.269 e. The Labute approximate surface area is 198 Å². The van der Waals surface area contributed by atoms with Gasteiger partial charge in [0, 0.05) is 24.2 Å². The number of nitro groups is 1. The zero-order valence-corrected chi connectivity index (χ0v) is 18.5. The molecule has 2 aromatic heterocycles. The summed E-state index contributed by atoms with van der Waals surface area (Å²) >= 11 is 0. The van der Waals surface area contributed by atoms with E-state index in [0.29, 0.717) is 35.2 Å². The van der Waals surface area contributed by atoms with Gasteiger partial charge in [0.2, 0.25) is 0 Å². The number of carbonyl (C=O) groups is 1. The summed E-state index contributed by atoms with van der Waals surface area (Å²) in [5.41, 5.74) is 1.25. The van der Waals surface area contributed by atoms with Crippen LogP contribution in [-0.2, 0) is 13.1 Å². The molecule has 0 radical (unpaired) electrons. The monoisotopic (exact) mass is 468 g/mol. The first-order valence-corrected chi connectivity index (χ1v) is 10.9. The van der Waals surface area contributed by atoms with E-state index in [0.717, 1.165) is 10.8 Å². The van der Waals surface area contributed by atoms with Crippen molar-refractivity contribution in [3.8, 4) is 0 Å². The van der Waals surface area contributed by atoms with Crippen molar-refractivity contribution in [3.63, 3.8) is 0 Å². The Balaban J connectivity index is 1.28. The van der Waals surface area contributed by atoms with Crippen LogP contribution in [0.1, 0.15) is 15.9 Å². The molecule has 35 heavy (non-hydrogen) atoms. The molecule has 0 saturated heterocycles. The number of fused-ring (bicyclic) bond motifs is 2. The Kier molecular flexibility index (Phi) is 5.76. The molecule has 0 bridgehead atoms. The van der Waals surface area contributed by atoms with Crippen molar-refractivity contribution in [1.29, 1.82) is 0 Å². The molecule has 10 nitrogen and oxygen atoms in total. The number of rotatable bonds is 7. The number of hydrogen-bond acceptors (Lipinski definition) is 6. The maximum Gasteiger partial charge on any atom is 0.269 e. The second kappa shape index (κ2) is 9.18. The van der Waals surface area contributed by atoms with E-state index in [4.69, 9.17) is 0 Å². The lowest BCUT2D eigenvalue weighted by molar-refractivity contribution is -0.384. The Morgan fingerprint density at radius 2 is 1.86 bits per heavy atom. The van der Waals surface area contributed by atoms with Gasteiger partial charge in [-0.3, -0.25) is 24.3 Å². The molecule has 0 atom stereocenters. The van der Waals surface area contributed by atoms with Crippen molar-refractivity contribution < 1.29 is 9.72 Å². The van der Waals surface area contributed by atoms with Gasteiger partial charge in [-0.15, -0.1) is 0 Å². The van der Waals surface area contributed by atoms with E-state index in [2.05, 4.69) is 15.4 Å². The Morgan fingerprint density at radius 1 is 1.03 bits per heavy atom. The third-order valence-electron chi connectivity index (χ3n) is 5.72. The maximum atomic E-state index is 12.9. The van der Waals surface area contributed by atoms with Crippen molar-refractivity contribution in [3.05, 3.63) is 111 Å². The summed E-state index contributed by atoms with van der Waals surface area (Å²) in [5.74, 6) is -0.195. The van der Waals surface area contributed by atoms with Crippen LogP contribution in [0, 0.1) is 10.1 Å². The zero-order valence-electron chi connectivity index (χ0n) is 18.5. The standard InChI is InChI=1S/C25H20N6O4/c32-24(20-9-8-18-5-1-2-6-19(18)13-20)26-10-11-30-23-22(14-28-30)25(33)29(16-27-23)15-17-4-3-7-21(12-17)31(34)35/h1-9,12-14,16H,10-11,15H2,(H,26,32). The van der Waals surface area contributed by atoms with Gasteiger partial charge < -0.3 is 5.32 Å². The molecule has 1 amide bonds. The average molecular weight is 468 g/mol. The van der Waals surface area contributed by atoms with Gasteiger partial charge in [-0.25, -0.2) is 9.67 Å². The lowest BCUT2D eigenvalue weighted by Crippen LogP contribution is -2.27. The molecule has 0 aliphatic heterocycles. The Bertz CT molecular complexity index is 1640. The lowest BCUT2D eigenvalue weighted by atomic mass is 10.1.